The molecule has 0 radical (unpaired) electrons. The normalized spacial score (nSPS) is 37.7. The summed E-state index contributed by atoms with van der Waals surface area (Å²) in [6.07, 6.45) is -2.28. The summed E-state index contributed by atoms with van der Waals surface area (Å²) in [7, 11) is 0. The van der Waals surface area contributed by atoms with Gasteiger partial charge in [-0.3, -0.25) is 9.59 Å². The lowest BCUT2D eigenvalue weighted by atomic mass is 9.40. The number of amides is 2. The van der Waals surface area contributed by atoms with Crippen LogP contribution in [0, 0.1) is 20.3 Å². The first kappa shape index (κ1) is 34.6. The van der Waals surface area contributed by atoms with Crippen molar-refractivity contribution in [3.05, 3.63) is 40.0 Å². The van der Waals surface area contributed by atoms with E-state index < -0.39 is 63.7 Å². The number of benzene rings is 1. The molecule has 0 bridgehead atoms. The van der Waals surface area contributed by atoms with Gasteiger partial charge in [0.25, 0.3) is 0 Å². The van der Waals surface area contributed by atoms with Crippen molar-refractivity contribution in [2.24, 2.45) is 16.7 Å². The van der Waals surface area contributed by atoms with Crippen LogP contribution in [0.5, 0.6) is 5.75 Å². The second-order valence-electron chi connectivity index (χ2n) is 13.7. The van der Waals surface area contributed by atoms with E-state index >= 15 is 0 Å². The second-order valence-corrected chi connectivity index (χ2v) is 14.9. The number of Topliss-reactive ketones (excluding diaryl/α,β-unsaturated/α-hetero) is 1. The second kappa shape index (κ2) is 12.2. The Balaban J connectivity index is 1.48. The number of aryl methyl sites for hydroxylation is 1. The molecule has 1 aromatic rings. The van der Waals surface area contributed by atoms with Gasteiger partial charge in [0, 0.05) is 37.3 Å². The summed E-state index contributed by atoms with van der Waals surface area (Å²) >= 11 is 2.02. The van der Waals surface area contributed by atoms with E-state index in [9.17, 15) is 34.8 Å². The molecule has 244 valence electrons. The minimum atomic E-state index is -2.31. The summed E-state index contributed by atoms with van der Waals surface area (Å²) in [5.74, 6) is -1.49. The number of aliphatic hydroxyl groups excluding tert-OH is 2. The summed E-state index contributed by atoms with van der Waals surface area (Å²) < 4.78 is 12.9. The number of rotatable bonds is 8. The van der Waals surface area contributed by atoms with E-state index in [4.69, 9.17) is 9.47 Å². The zero-order chi connectivity index (χ0) is 32.9. The lowest BCUT2D eigenvalue weighted by Crippen LogP contribution is -2.86. The van der Waals surface area contributed by atoms with Crippen molar-refractivity contribution in [1.82, 2.24) is 10.6 Å². The molecule has 2 aliphatic carbocycles. The van der Waals surface area contributed by atoms with Crippen molar-refractivity contribution < 1.29 is 44.3 Å². The van der Waals surface area contributed by atoms with Gasteiger partial charge in [-0.25, -0.2) is 4.79 Å². The van der Waals surface area contributed by atoms with E-state index in [0.29, 0.717) is 19.3 Å². The standard InChI is InChI=1S/C32H45IN2O9/c1-7-29(4)17-22(38)32(42)30(5)21(37)12-13-28(2,3)25(30)24(40)26(31(32,6)44-29)43-27(41)35-15-14-34-23(39)11-9-18-8-10-19(33)20(36)16-18/h7-8,10,16,21,24-26,36-37,40,42H,1,9,11-15,17H2,2-6H3,(H,34,39)(H,35,41)/t21-,24-,25-,26-,29-,30-,31+,32-/m0/s1/i33-2. The van der Waals surface area contributed by atoms with Crippen molar-refractivity contribution in [2.45, 2.75) is 102 Å². The summed E-state index contributed by atoms with van der Waals surface area (Å²) in [5, 5.41) is 50.9. The molecule has 0 unspecified atom stereocenters. The van der Waals surface area contributed by atoms with E-state index in [0.717, 1.165) is 9.13 Å². The molecule has 0 aromatic heterocycles. The van der Waals surface area contributed by atoms with Crippen molar-refractivity contribution in [3.63, 3.8) is 0 Å². The van der Waals surface area contributed by atoms with Gasteiger partial charge in [0.15, 0.2) is 17.5 Å². The Hall–Kier alpha value is -2.26. The summed E-state index contributed by atoms with van der Waals surface area (Å²) in [4.78, 5) is 39.4. The summed E-state index contributed by atoms with van der Waals surface area (Å²) in [5.41, 5.74) is -6.81. The number of aliphatic hydroxyl groups is 3. The Morgan fingerprint density at radius 2 is 1.82 bits per heavy atom. The monoisotopic (exact) mass is 726 g/mol. The highest BCUT2D eigenvalue weighted by Crippen LogP contribution is 2.67. The van der Waals surface area contributed by atoms with Crippen molar-refractivity contribution in [3.8, 4) is 5.75 Å². The predicted molar refractivity (Wildman–Crippen MR) is 170 cm³/mol. The van der Waals surface area contributed by atoms with E-state index in [-0.39, 0.29) is 37.6 Å². The number of carbonyl (C=O) groups excluding carboxylic acids is 3. The van der Waals surface area contributed by atoms with Gasteiger partial charge in [-0.05, 0) is 78.8 Å². The third-order valence-electron chi connectivity index (χ3n) is 10.3. The molecule has 2 saturated carbocycles. The fourth-order valence-electron chi connectivity index (χ4n) is 8.06. The molecular weight excluding hydrogens is 681 g/mol. The van der Waals surface area contributed by atoms with Crippen LogP contribution in [0.3, 0.4) is 0 Å². The van der Waals surface area contributed by atoms with Gasteiger partial charge in [-0.2, -0.15) is 0 Å². The van der Waals surface area contributed by atoms with Crippen LogP contribution in [-0.2, 0) is 25.5 Å². The van der Waals surface area contributed by atoms with E-state index in [1.54, 1.807) is 26.0 Å². The number of aromatic hydroxyl groups is 1. The van der Waals surface area contributed by atoms with Crippen LogP contribution in [0.2, 0.25) is 0 Å². The predicted octanol–water partition coefficient (Wildman–Crippen LogP) is 2.74. The number of ether oxygens (including phenoxy) is 2. The topological polar surface area (TPSA) is 175 Å². The third kappa shape index (κ3) is 5.65. The Morgan fingerprint density at radius 1 is 1.16 bits per heavy atom. The molecule has 8 atom stereocenters. The minimum absolute atomic E-state index is 0.00814. The molecule has 12 heteroatoms. The van der Waals surface area contributed by atoms with Gasteiger partial charge in [-0.15, -0.1) is 6.58 Å². The number of fused-ring (bicyclic) bond motifs is 3. The lowest BCUT2D eigenvalue weighted by Gasteiger charge is -2.71. The number of ketones is 1. The lowest BCUT2D eigenvalue weighted by molar-refractivity contribution is -0.369. The number of hydrogen-bond donors (Lipinski definition) is 6. The van der Waals surface area contributed by atoms with E-state index in [1.165, 1.54) is 13.0 Å². The van der Waals surface area contributed by atoms with Crippen molar-refractivity contribution >= 4 is 40.4 Å². The molecule has 44 heavy (non-hydrogen) atoms. The molecule has 4 rings (SSSR count). The van der Waals surface area contributed by atoms with Crippen LogP contribution in [0.15, 0.2) is 30.9 Å². The number of carbonyl (C=O) groups is 3. The zero-order valence-corrected chi connectivity index (χ0v) is 28.1. The SMILES string of the molecule is C=C[C@@]1(C)CC(=O)[C@]2(O)[C@@]3(C)[C@@H](O)CCC(C)(C)[C@@H]3[C@H](O)[C@H](OC(=O)NCCNC(=O)CCc3ccc([125I])c(O)c3)[C@@]2(C)O1. The van der Waals surface area contributed by atoms with E-state index in [1.807, 2.05) is 42.5 Å². The molecule has 1 saturated heterocycles. The van der Waals surface area contributed by atoms with Crippen LogP contribution in [0.4, 0.5) is 4.79 Å². The molecule has 1 aliphatic heterocycles. The highest BCUT2D eigenvalue weighted by molar-refractivity contribution is 14.1. The number of alkyl carbamates (subject to hydrolysis) is 1. The first-order chi connectivity index (χ1) is 20.4. The van der Waals surface area contributed by atoms with Gasteiger partial charge in [0.2, 0.25) is 5.91 Å². The molecule has 6 N–H and O–H groups in total. The smallest absolute Gasteiger partial charge is 0.407 e. The Kier molecular flexibility index (Phi) is 9.56. The van der Waals surface area contributed by atoms with Crippen LogP contribution in [0.25, 0.3) is 0 Å². The first-order valence-electron chi connectivity index (χ1n) is 15.0. The average Bonchev–Trinajstić information content (AvgIpc) is 2.94. The molecule has 0 spiro atoms. The third-order valence-corrected chi connectivity index (χ3v) is 11.2. The molecule has 1 aromatic carbocycles. The molecule has 1 heterocycles. The molecule has 2 amide bonds. The maximum atomic E-state index is 14.0. The van der Waals surface area contributed by atoms with Gasteiger partial charge < -0.3 is 40.5 Å². The summed E-state index contributed by atoms with van der Waals surface area (Å²) in [6.45, 7) is 12.4. The van der Waals surface area contributed by atoms with Crippen LogP contribution >= 0.6 is 22.6 Å². The van der Waals surface area contributed by atoms with Gasteiger partial charge in [0.1, 0.15) is 11.4 Å². The fourth-order valence-corrected chi connectivity index (χ4v) is 8.40. The molecule has 3 aliphatic rings. The number of hydrogen-bond acceptors (Lipinski definition) is 9. The molecule has 11 nitrogen and oxygen atoms in total. The van der Waals surface area contributed by atoms with Crippen molar-refractivity contribution in [2.75, 3.05) is 13.1 Å². The van der Waals surface area contributed by atoms with Gasteiger partial charge in [0.05, 0.1) is 21.4 Å². The van der Waals surface area contributed by atoms with Crippen LogP contribution in [0.1, 0.15) is 65.9 Å². The Morgan fingerprint density at radius 3 is 2.45 bits per heavy atom. The Labute approximate surface area is 271 Å². The Bertz CT molecular complexity index is 1320. The highest BCUT2D eigenvalue weighted by atomic mass is 125. The fraction of sp³-hybridized carbons (Fsp3) is 0.656. The number of phenolic OH excluding ortho intramolecular Hbond substituents is 1. The minimum Gasteiger partial charge on any atom is -0.507 e. The number of nitrogens with one attached hydrogen (secondary N) is 2. The largest absolute Gasteiger partial charge is 0.507 e. The average molecular weight is 727 g/mol. The van der Waals surface area contributed by atoms with Crippen LogP contribution in [-0.4, -0.2) is 86.4 Å². The van der Waals surface area contributed by atoms with E-state index in [2.05, 4.69) is 17.2 Å². The first-order valence-corrected chi connectivity index (χ1v) is 16.1. The maximum absolute atomic E-state index is 14.0. The molecular formula is C32H45IN2O9. The number of phenols is 1. The highest BCUT2D eigenvalue weighted by Gasteiger charge is 2.81. The quantitative estimate of drug-likeness (QED) is 0.134. The number of halogens is 1. The van der Waals surface area contributed by atoms with Crippen molar-refractivity contribution in [1.29, 1.82) is 0 Å². The van der Waals surface area contributed by atoms with Crippen LogP contribution < -0.4 is 10.6 Å². The zero-order valence-electron chi connectivity index (χ0n) is 26.0. The maximum Gasteiger partial charge on any atom is 0.407 e. The van der Waals surface area contributed by atoms with Gasteiger partial charge >= 0.3 is 6.09 Å². The summed E-state index contributed by atoms with van der Waals surface area (Å²) in [6, 6.07) is 5.23. The molecule has 3 fully saturated rings. The van der Waals surface area contributed by atoms with Gasteiger partial charge in [-0.1, -0.05) is 32.9 Å².